The van der Waals surface area contributed by atoms with Crippen molar-refractivity contribution in [2.75, 3.05) is 6.54 Å². The van der Waals surface area contributed by atoms with Gasteiger partial charge in [-0.3, -0.25) is 9.59 Å². The molecule has 1 atom stereocenters. The van der Waals surface area contributed by atoms with E-state index in [9.17, 15) is 9.59 Å². The Morgan fingerprint density at radius 1 is 1.72 bits per heavy atom. The summed E-state index contributed by atoms with van der Waals surface area (Å²) in [5.74, 6) is 2.22. The zero-order chi connectivity index (χ0) is 13.1. The molecule has 0 spiro atoms. The first-order chi connectivity index (χ1) is 8.61. The summed E-state index contributed by atoms with van der Waals surface area (Å²) >= 11 is 0. The second kappa shape index (κ2) is 5.05. The van der Waals surface area contributed by atoms with Crippen LogP contribution in [-0.2, 0) is 24.7 Å². The minimum absolute atomic E-state index is 0.0423. The van der Waals surface area contributed by atoms with Crippen LogP contribution in [0, 0.1) is 18.3 Å². The number of carbonyl (C=O) groups is 1. The van der Waals surface area contributed by atoms with E-state index in [2.05, 4.69) is 16.3 Å². The van der Waals surface area contributed by atoms with Crippen LogP contribution in [-0.4, -0.2) is 22.2 Å². The lowest BCUT2D eigenvalue weighted by atomic mass is 9.86. The molecule has 0 radical (unpaired) electrons. The maximum absolute atomic E-state index is 11.8. The molecule has 0 bridgehead atoms. The van der Waals surface area contributed by atoms with Crippen molar-refractivity contribution in [3.05, 3.63) is 27.7 Å². The van der Waals surface area contributed by atoms with E-state index in [-0.39, 0.29) is 23.9 Å². The zero-order valence-corrected chi connectivity index (χ0v) is 10.3. The van der Waals surface area contributed by atoms with Crippen molar-refractivity contribution in [3.8, 4) is 12.3 Å². The molecule has 5 nitrogen and oxygen atoms in total. The Bertz CT molecular complexity index is 569. The highest BCUT2D eigenvalue weighted by Crippen LogP contribution is 2.22. The summed E-state index contributed by atoms with van der Waals surface area (Å²) in [5, 5.41) is 6.89. The van der Waals surface area contributed by atoms with Crippen molar-refractivity contribution in [2.24, 2.45) is 13.0 Å². The molecule has 18 heavy (non-hydrogen) atoms. The maximum Gasteiger partial charge on any atom is 0.266 e. The standard InChI is InChI=1S/C13H15N3O2/c1-3-6-14-13(18)9-4-5-11-10(7-9)8-12(17)16(2)15-11/h1,8-9H,4-7H2,2H3,(H,14,18). The summed E-state index contributed by atoms with van der Waals surface area (Å²) < 4.78 is 1.33. The van der Waals surface area contributed by atoms with E-state index in [4.69, 9.17) is 6.42 Å². The van der Waals surface area contributed by atoms with Crippen molar-refractivity contribution in [2.45, 2.75) is 19.3 Å². The van der Waals surface area contributed by atoms with E-state index in [1.54, 1.807) is 13.1 Å². The molecular formula is C13H15N3O2. The van der Waals surface area contributed by atoms with Gasteiger partial charge in [0.25, 0.3) is 5.56 Å². The van der Waals surface area contributed by atoms with Crippen molar-refractivity contribution in [3.63, 3.8) is 0 Å². The van der Waals surface area contributed by atoms with Gasteiger partial charge in [0.15, 0.2) is 0 Å². The number of carbonyl (C=O) groups excluding carboxylic acids is 1. The predicted octanol–water partition coefficient (Wildman–Crippen LogP) is -0.365. The SMILES string of the molecule is C#CCNC(=O)C1CCc2nn(C)c(=O)cc2C1. The smallest absolute Gasteiger partial charge is 0.266 e. The molecule has 0 saturated heterocycles. The van der Waals surface area contributed by atoms with Gasteiger partial charge >= 0.3 is 0 Å². The summed E-state index contributed by atoms with van der Waals surface area (Å²) in [7, 11) is 1.63. The lowest BCUT2D eigenvalue weighted by Crippen LogP contribution is -2.35. The zero-order valence-electron chi connectivity index (χ0n) is 10.3. The van der Waals surface area contributed by atoms with Crippen LogP contribution in [0.3, 0.4) is 0 Å². The van der Waals surface area contributed by atoms with Crippen LogP contribution < -0.4 is 10.9 Å². The highest BCUT2D eigenvalue weighted by Gasteiger charge is 2.25. The van der Waals surface area contributed by atoms with Crippen LogP contribution in [0.2, 0.25) is 0 Å². The van der Waals surface area contributed by atoms with E-state index >= 15 is 0 Å². The third kappa shape index (κ3) is 2.43. The summed E-state index contributed by atoms with van der Waals surface area (Å²) in [6.45, 7) is 0.247. The highest BCUT2D eigenvalue weighted by atomic mass is 16.2. The lowest BCUT2D eigenvalue weighted by Gasteiger charge is -2.22. The Balaban J connectivity index is 2.15. The molecule has 5 heteroatoms. The van der Waals surface area contributed by atoms with Crippen LogP contribution in [0.25, 0.3) is 0 Å². The average molecular weight is 245 g/mol. The molecule has 0 fully saturated rings. The normalized spacial score (nSPS) is 17.7. The molecule has 1 aromatic heterocycles. The molecule has 1 aliphatic rings. The van der Waals surface area contributed by atoms with Gasteiger partial charge in [0.05, 0.1) is 12.2 Å². The Labute approximate surface area is 105 Å². The first kappa shape index (κ1) is 12.4. The van der Waals surface area contributed by atoms with E-state index in [1.807, 2.05) is 0 Å². The van der Waals surface area contributed by atoms with Gasteiger partial charge in [0.2, 0.25) is 5.91 Å². The average Bonchev–Trinajstić information content (AvgIpc) is 2.36. The Morgan fingerprint density at radius 2 is 2.50 bits per heavy atom. The van der Waals surface area contributed by atoms with Crippen molar-refractivity contribution in [1.82, 2.24) is 15.1 Å². The number of fused-ring (bicyclic) bond motifs is 1. The molecule has 0 saturated carbocycles. The molecule has 1 N–H and O–H groups in total. The molecule has 2 rings (SSSR count). The van der Waals surface area contributed by atoms with Crippen LogP contribution in [0.5, 0.6) is 0 Å². The monoisotopic (exact) mass is 245 g/mol. The van der Waals surface area contributed by atoms with Gasteiger partial charge in [-0.05, 0) is 24.8 Å². The fourth-order valence-corrected chi connectivity index (χ4v) is 2.19. The second-order valence-corrected chi connectivity index (χ2v) is 4.44. The summed E-state index contributed by atoms with van der Waals surface area (Å²) in [6.07, 6.45) is 7.13. The summed E-state index contributed by atoms with van der Waals surface area (Å²) in [4.78, 5) is 23.3. The summed E-state index contributed by atoms with van der Waals surface area (Å²) in [6, 6.07) is 1.57. The van der Waals surface area contributed by atoms with Gasteiger partial charge in [0.1, 0.15) is 0 Å². The fraction of sp³-hybridized carbons (Fsp3) is 0.462. The first-order valence-electron chi connectivity index (χ1n) is 5.89. The maximum atomic E-state index is 11.8. The van der Waals surface area contributed by atoms with Gasteiger partial charge < -0.3 is 5.32 Å². The quantitative estimate of drug-likeness (QED) is 0.723. The van der Waals surface area contributed by atoms with Gasteiger partial charge in [-0.25, -0.2) is 4.68 Å². The minimum Gasteiger partial charge on any atom is -0.345 e. The summed E-state index contributed by atoms with van der Waals surface area (Å²) in [5.41, 5.74) is 1.65. The van der Waals surface area contributed by atoms with E-state index in [0.717, 1.165) is 24.1 Å². The number of amides is 1. The predicted molar refractivity (Wildman–Crippen MR) is 66.8 cm³/mol. The Kier molecular flexibility index (Phi) is 3.47. The molecule has 1 amide bonds. The van der Waals surface area contributed by atoms with Crippen LogP contribution in [0.4, 0.5) is 0 Å². The Hall–Kier alpha value is -2.09. The van der Waals surface area contributed by atoms with Crippen molar-refractivity contribution < 1.29 is 4.79 Å². The number of aryl methyl sites for hydroxylation is 2. The molecule has 0 aromatic carbocycles. The number of rotatable bonds is 2. The van der Waals surface area contributed by atoms with Gasteiger partial charge in [-0.1, -0.05) is 5.92 Å². The molecular weight excluding hydrogens is 230 g/mol. The topological polar surface area (TPSA) is 64.0 Å². The van der Waals surface area contributed by atoms with E-state index < -0.39 is 0 Å². The van der Waals surface area contributed by atoms with E-state index in [0.29, 0.717) is 6.42 Å². The van der Waals surface area contributed by atoms with Crippen LogP contribution in [0.15, 0.2) is 10.9 Å². The first-order valence-corrected chi connectivity index (χ1v) is 5.89. The third-order valence-electron chi connectivity index (χ3n) is 3.19. The second-order valence-electron chi connectivity index (χ2n) is 4.44. The van der Waals surface area contributed by atoms with Gasteiger partial charge in [0, 0.05) is 19.0 Å². The number of hydrogen-bond acceptors (Lipinski definition) is 3. The molecule has 1 aromatic rings. The number of nitrogens with one attached hydrogen (secondary N) is 1. The number of aromatic nitrogens is 2. The fourth-order valence-electron chi connectivity index (χ4n) is 2.19. The molecule has 1 aliphatic carbocycles. The third-order valence-corrected chi connectivity index (χ3v) is 3.19. The highest BCUT2D eigenvalue weighted by molar-refractivity contribution is 5.79. The molecule has 1 unspecified atom stereocenters. The number of terminal acetylenes is 1. The van der Waals surface area contributed by atoms with Gasteiger partial charge in [-0.2, -0.15) is 5.10 Å². The van der Waals surface area contributed by atoms with Crippen LogP contribution >= 0.6 is 0 Å². The van der Waals surface area contributed by atoms with Gasteiger partial charge in [-0.15, -0.1) is 6.42 Å². The van der Waals surface area contributed by atoms with Crippen molar-refractivity contribution in [1.29, 1.82) is 0 Å². The van der Waals surface area contributed by atoms with Crippen molar-refractivity contribution >= 4 is 5.91 Å². The Morgan fingerprint density at radius 3 is 3.22 bits per heavy atom. The molecule has 0 aliphatic heterocycles. The largest absolute Gasteiger partial charge is 0.345 e. The minimum atomic E-state index is -0.140. The lowest BCUT2D eigenvalue weighted by molar-refractivity contribution is -0.125. The molecule has 1 heterocycles. The van der Waals surface area contributed by atoms with E-state index in [1.165, 1.54) is 4.68 Å². The number of hydrogen-bond donors (Lipinski definition) is 1. The number of nitrogens with zero attached hydrogens (tertiary/aromatic N) is 2. The molecule has 94 valence electrons. The van der Waals surface area contributed by atoms with Crippen LogP contribution in [0.1, 0.15) is 17.7 Å².